The summed E-state index contributed by atoms with van der Waals surface area (Å²) in [6.45, 7) is 12.0. The minimum Gasteiger partial charge on any atom is -0.0625 e. The molecule has 0 spiro atoms. The van der Waals surface area contributed by atoms with Crippen LogP contribution < -0.4 is 0 Å². The van der Waals surface area contributed by atoms with Gasteiger partial charge in [0.15, 0.2) is 0 Å². The second kappa shape index (κ2) is 5.19. The predicted molar refractivity (Wildman–Crippen MR) is 64.3 cm³/mol. The van der Waals surface area contributed by atoms with E-state index in [0.717, 1.165) is 29.6 Å². The van der Waals surface area contributed by atoms with E-state index >= 15 is 0 Å². The number of hydrogen-bond acceptors (Lipinski definition) is 0. The lowest BCUT2D eigenvalue weighted by molar-refractivity contribution is 0.157. The molecule has 1 saturated carbocycles. The van der Waals surface area contributed by atoms with Crippen LogP contribution in [0.1, 0.15) is 60.3 Å². The van der Waals surface area contributed by atoms with Crippen molar-refractivity contribution in [3.05, 3.63) is 0 Å². The lowest BCUT2D eigenvalue weighted by Crippen LogP contribution is -2.25. The molecule has 0 aromatic rings. The third-order valence-electron chi connectivity index (χ3n) is 4.55. The normalized spacial score (nSPS) is 31.1. The Morgan fingerprint density at radius 2 is 1.14 bits per heavy atom. The van der Waals surface area contributed by atoms with Gasteiger partial charge in [-0.15, -0.1) is 0 Å². The lowest BCUT2D eigenvalue weighted by atomic mass is 9.71. The highest BCUT2D eigenvalue weighted by atomic mass is 14.3. The summed E-state index contributed by atoms with van der Waals surface area (Å²) in [5.74, 6) is 4.75. The first kappa shape index (κ1) is 12.1. The molecular formula is C14H28. The van der Waals surface area contributed by atoms with Gasteiger partial charge in [-0.1, -0.05) is 34.6 Å². The van der Waals surface area contributed by atoms with Crippen LogP contribution in [0.2, 0.25) is 0 Å². The molecule has 1 rings (SSSR count). The molecule has 0 aliphatic heterocycles. The van der Waals surface area contributed by atoms with Crippen molar-refractivity contribution in [1.82, 2.24) is 0 Å². The monoisotopic (exact) mass is 196 g/mol. The Labute approximate surface area is 90.5 Å². The molecule has 1 aliphatic carbocycles. The highest BCUT2D eigenvalue weighted by Gasteiger charge is 2.27. The van der Waals surface area contributed by atoms with Gasteiger partial charge in [0, 0.05) is 0 Å². The van der Waals surface area contributed by atoms with Crippen LogP contribution in [0.15, 0.2) is 0 Å². The van der Waals surface area contributed by atoms with Crippen LogP contribution in [0.4, 0.5) is 0 Å². The SMILES string of the molecule is CC(C)C1CCC(C(C)C(C)C)CC1. The Morgan fingerprint density at radius 1 is 0.714 bits per heavy atom. The highest BCUT2D eigenvalue weighted by molar-refractivity contribution is 4.78. The summed E-state index contributed by atoms with van der Waals surface area (Å²) in [6, 6.07) is 0. The van der Waals surface area contributed by atoms with E-state index in [0.29, 0.717) is 0 Å². The second-order valence-electron chi connectivity index (χ2n) is 6.02. The van der Waals surface area contributed by atoms with E-state index in [1.54, 1.807) is 0 Å². The largest absolute Gasteiger partial charge is 0.0625 e. The first-order chi connectivity index (χ1) is 6.52. The van der Waals surface area contributed by atoms with E-state index < -0.39 is 0 Å². The minimum atomic E-state index is 0.871. The Hall–Kier alpha value is 0. The zero-order valence-corrected chi connectivity index (χ0v) is 10.7. The molecule has 0 radical (unpaired) electrons. The molecule has 0 aromatic heterocycles. The average molecular weight is 196 g/mol. The van der Waals surface area contributed by atoms with Crippen molar-refractivity contribution >= 4 is 0 Å². The average Bonchev–Trinajstić information content (AvgIpc) is 2.16. The fourth-order valence-electron chi connectivity index (χ4n) is 2.88. The highest BCUT2D eigenvalue weighted by Crippen LogP contribution is 2.38. The number of hydrogen-bond donors (Lipinski definition) is 0. The molecule has 0 amide bonds. The summed E-state index contributed by atoms with van der Waals surface area (Å²) in [4.78, 5) is 0. The molecule has 1 fully saturated rings. The molecule has 0 saturated heterocycles. The maximum absolute atomic E-state index is 2.45. The van der Waals surface area contributed by atoms with Crippen LogP contribution in [0.3, 0.4) is 0 Å². The van der Waals surface area contributed by atoms with Crippen molar-refractivity contribution < 1.29 is 0 Å². The topological polar surface area (TPSA) is 0 Å². The number of rotatable bonds is 3. The summed E-state index contributed by atoms with van der Waals surface area (Å²) in [6.07, 6.45) is 5.95. The zero-order valence-electron chi connectivity index (χ0n) is 10.7. The molecule has 0 N–H and O–H groups in total. The predicted octanol–water partition coefficient (Wildman–Crippen LogP) is 4.74. The maximum atomic E-state index is 2.45. The molecule has 1 aliphatic rings. The molecule has 0 heteroatoms. The van der Waals surface area contributed by atoms with E-state index in [9.17, 15) is 0 Å². The molecule has 1 atom stereocenters. The summed E-state index contributed by atoms with van der Waals surface area (Å²) in [7, 11) is 0. The zero-order chi connectivity index (χ0) is 10.7. The van der Waals surface area contributed by atoms with Gasteiger partial charge in [-0.05, 0) is 55.3 Å². The molecule has 14 heavy (non-hydrogen) atoms. The maximum Gasteiger partial charge on any atom is -0.0386 e. The molecule has 1 unspecified atom stereocenters. The van der Waals surface area contributed by atoms with Crippen LogP contribution in [0, 0.1) is 29.6 Å². The van der Waals surface area contributed by atoms with Gasteiger partial charge in [0.25, 0.3) is 0 Å². The molecule has 0 nitrogen and oxygen atoms in total. The fourth-order valence-corrected chi connectivity index (χ4v) is 2.88. The van der Waals surface area contributed by atoms with Crippen LogP contribution >= 0.6 is 0 Å². The van der Waals surface area contributed by atoms with Crippen molar-refractivity contribution in [2.45, 2.75) is 60.3 Å². The van der Waals surface area contributed by atoms with Crippen LogP contribution in [-0.4, -0.2) is 0 Å². The van der Waals surface area contributed by atoms with E-state index in [1.807, 2.05) is 0 Å². The van der Waals surface area contributed by atoms with Crippen molar-refractivity contribution in [1.29, 1.82) is 0 Å². The third-order valence-corrected chi connectivity index (χ3v) is 4.55. The minimum absolute atomic E-state index is 0.871. The van der Waals surface area contributed by atoms with Gasteiger partial charge in [-0.3, -0.25) is 0 Å². The van der Waals surface area contributed by atoms with E-state index in [1.165, 1.54) is 25.7 Å². The van der Waals surface area contributed by atoms with Crippen molar-refractivity contribution in [2.24, 2.45) is 29.6 Å². The Balaban J connectivity index is 2.35. The molecule has 0 aromatic carbocycles. The van der Waals surface area contributed by atoms with Crippen LogP contribution in [0.5, 0.6) is 0 Å². The van der Waals surface area contributed by atoms with E-state index in [4.69, 9.17) is 0 Å². The van der Waals surface area contributed by atoms with Crippen molar-refractivity contribution in [3.8, 4) is 0 Å². The first-order valence-electron chi connectivity index (χ1n) is 6.52. The van der Waals surface area contributed by atoms with Gasteiger partial charge < -0.3 is 0 Å². The van der Waals surface area contributed by atoms with Crippen LogP contribution in [-0.2, 0) is 0 Å². The van der Waals surface area contributed by atoms with Gasteiger partial charge in [0.2, 0.25) is 0 Å². The van der Waals surface area contributed by atoms with Gasteiger partial charge in [0.05, 0.1) is 0 Å². The molecule has 0 heterocycles. The van der Waals surface area contributed by atoms with Gasteiger partial charge >= 0.3 is 0 Å². The quantitative estimate of drug-likeness (QED) is 0.611. The molecular weight excluding hydrogens is 168 g/mol. The summed E-state index contributed by atoms with van der Waals surface area (Å²) < 4.78 is 0. The van der Waals surface area contributed by atoms with E-state index in [-0.39, 0.29) is 0 Å². The van der Waals surface area contributed by atoms with E-state index in [2.05, 4.69) is 34.6 Å². The summed E-state index contributed by atoms with van der Waals surface area (Å²) >= 11 is 0. The summed E-state index contributed by atoms with van der Waals surface area (Å²) in [5, 5.41) is 0. The van der Waals surface area contributed by atoms with Crippen molar-refractivity contribution in [2.75, 3.05) is 0 Å². The van der Waals surface area contributed by atoms with Gasteiger partial charge in [-0.2, -0.15) is 0 Å². The smallest absolute Gasteiger partial charge is 0.0386 e. The summed E-state index contributed by atoms with van der Waals surface area (Å²) in [5.41, 5.74) is 0. The standard InChI is InChI=1S/C14H28/c1-10(2)12(5)14-8-6-13(7-9-14)11(3)4/h10-14H,6-9H2,1-5H3. The molecule has 84 valence electrons. The Bertz CT molecular complexity index is 149. The Morgan fingerprint density at radius 3 is 1.50 bits per heavy atom. The van der Waals surface area contributed by atoms with Crippen LogP contribution in [0.25, 0.3) is 0 Å². The second-order valence-corrected chi connectivity index (χ2v) is 6.02. The van der Waals surface area contributed by atoms with Gasteiger partial charge in [-0.25, -0.2) is 0 Å². The third kappa shape index (κ3) is 3.00. The Kier molecular flexibility index (Phi) is 4.47. The van der Waals surface area contributed by atoms with Crippen molar-refractivity contribution in [3.63, 3.8) is 0 Å². The van der Waals surface area contributed by atoms with Gasteiger partial charge in [0.1, 0.15) is 0 Å². The first-order valence-corrected chi connectivity index (χ1v) is 6.52. The fraction of sp³-hybridized carbons (Fsp3) is 1.00. The lowest BCUT2D eigenvalue weighted by Gasteiger charge is -2.35. The molecule has 0 bridgehead atoms.